The average Bonchev–Trinajstić information content (AvgIpc) is 3.00. The zero-order chi connectivity index (χ0) is 17.8. The number of nitrogens with one attached hydrogen (secondary N) is 1. The summed E-state index contributed by atoms with van der Waals surface area (Å²) in [6.45, 7) is 5.10. The van der Waals surface area contributed by atoms with Crippen molar-refractivity contribution in [2.45, 2.75) is 48.7 Å². The number of fused-ring (bicyclic) bond motifs is 1. The van der Waals surface area contributed by atoms with E-state index < -0.39 is 0 Å². The third-order valence-corrected chi connectivity index (χ3v) is 6.14. The van der Waals surface area contributed by atoms with Gasteiger partial charge < -0.3 is 5.32 Å². The fraction of sp³-hybridized carbons (Fsp3) is 0.389. The quantitative estimate of drug-likeness (QED) is 0.621. The van der Waals surface area contributed by atoms with Gasteiger partial charge in [-0.15, -0.1) is 11.8 Å². The molecule has 0 bridgehead atoms. The zero-order valence-corrected chi connectivity index (χ0v) is 16.0. The number of amides is 1. The molecule has 0 saturated carbocycles. The molecule has 0 radical (unpaired) electrons. The fourth-order valence-corrected chi connectivity index (χ4v) is 4.72. The molecule has 7 heteroatoms. The molecule has 2 aromatic rings. The highest BCUT2D eigenvalue weighted by Gasteiger charge is 2.26. The summed E-state index contributed by atoms with van der Waals surface area (Å²) in [5, 5.41) is 3.92. The molecule has 1 aliphatic heterocycles. The highest BCUT2D eigenvalue weighted by molar-refractivity contribution is 8.00. The summed E-state index contributed by atoms with van der Waals surface area (Å²) in [6, 6.07) is 9.79. The third kappa shape index (κ3) is 4.27. The Morgan fingerprint density at radius 2 is 2.16 bits per heavy atom. The van der Waals surface area contributed by atoms with Crippen LogP contribution in [0.1, 0.15) is 25.1 Å². The van der Waals surface area contributed by atoms with E-state index in [0.29, 0.717) is 23.5 Å². The van der Waals surface area contributed by atoms with Crippen LogP contribution in [0.15, 0.2) is 45.2 Å². The molecule has 1 aromatic carbocycles. The minimum Gasteiger partial charge on any atom is -0.351 e. The van der Waals surface area contributed by atoms with Crippen LogP contribution in [0.3, 0.4) is 0 Å². The second-order valence-corrected chi connectivity index (χ2v) is 8.29. The molecular weight excluding hydrogens is 354 g/mol. The molecule has 2 heterocycles. The van der Waals surface area contributed by atoms with Gasteiger partial charge in [-0.1, -0.05) is 49.0 Å². The lowest BCUT2D eigenvalue weighted by molar-refractivity contribution is -0.118. The first kappa shape index (κ1) is 18.1. The number of benzene rings is 1. The maximum atomic E-state index is 12.6. The van der Waals surface area contributed by atoms with Crippen molar-refractivity contribution in [2.24, 2.45) is 0 Å². The van der Waals surface area contributed by atoms with Crippen LogP contribution >= 0.6 is 23.5 Å². The summed E-state index contributed by atoms with van der Waals surface area (Å²) >= 11 is 2.93. The van der Waals surface area contributed by atoms with Crippen molar-refractivity contribution in [3.63, 3.8) is 0 Å². The summed E-state index contributed by atoms with van der Waals surface area (Å²) in [5.41, 5.74) is 1.96. The maximum absolute atomic E-state index is 12.6. The minimum absolute atomic E-state index is 0.0223. The summed E-state index contributed by atoms with van der Waals surface area (Å²) < 4.78 is 1.67. The van der Waals surface area contributed by atoms with Gasteiger partial charge in [0.1, 0.15) is 0 Å². The minimum atomic E-state index is -0.0611. The molecule has 0 fully saturated rings. The Balaban J connectivity index is 1.65. The first-order chi connectivity index (χ1) is 12.1. The second kappa shape index (κ2) is 8.10. The highest BCUT2D eigenvalue weighted by Crippen LogP contribution is 2.34. The molecule has 132 valence electrons. The van der Waals surface area contributed by atoms with Gasteiger partial charge >= 0.3 is 0 Å². The van der Waals surface area contributed by atoms with Crippen LogP contribution in [0.25, 0.3) is 0 Å². The number of hydrogen-bond acceptors (Lipinski definition) is 5. The van der Waals surface area contributed by atoms with Crippen LogP contribution in [-0.4, -0.2) is 26.5 Å². The largest absolute Gasteiger partial charge is 0.351 e. The van der Waals surface area contributed by atoms with E-state index in [2.05, 4.69) is 17.2 Å². The molecule has 1 atom stereocenters. The van der Waals surface area contributed by atoms with Gasteiger partial charge in [-0.05, 0) is 12.5 Å². The molecule has 0 saturated heterocycles. The second-order valence-electron chi connectivity index (χ2n) is 5.90. The van der Waals surface area contributed by atoms with Gasteiger partial charge in [0, 0.05) is 24.8 Å². The Bertz CT molecular complexity index is 821. The summed E-state index contributed by atoms with van der Waals surface area (Å²) in [5.74, 6) is 0.190. The van der Waals surface area contributed by atoms with E-state index in [1.165, 1.54) is 11.8 Å². The molecule has 1 N–H and O–H groups in total. The molecule has 0 aliphatic carbocycles. The van der Waals surface area contributed by atoms with Gasteiger partial charge in [0.25, 0.3) is 5.56 Å². The number of carbonyl (C=O) groups excluding carboxylic acids is 1. The van der Waals surface area contributed by atoms with Gasteiger partial charge in [0.2, 0.25) is 5.91 Å². The average molecular weight is 376 g/mol. The molecule has 1 amide bonds. The number of carbonyl (C=O) groups is 1. The van der Waals surface area contributed by atoms with Crippen molar-refractivity contribution in [3.05, 3.63) is 51.9 Å². The number of thioether (sulfide) groups is 2. The van der Waals surface area contributed by atoms with Crippen LogP contribution < -0.4 is 10.9 Å². The Hall–Kier alpha value is -1.73. The van der Waals surface area contributed by atoms with Crippen LogP contribution in [0.5, 0.6) is 0 Å². The first-order valence-electron chi connectivity index (χ1n) is 8.32. The summed E-state index contributed by atoms with van der Waals surface area (Å²) in [7, 11) is 0. The van der Waals surface area contributed by atoms with Gasteiger partial charge in [0.15, 0.2) is 5.16 Å². The van der Waals surface area contributed by atoms with Gasteiger partial charge in [-0.25, -0.2) is 4.98 Å². The number of rotatable bonds is 6. The van der Waals surface area contributed by atoms with Crippen LogP contribution in [0.2, 0.25) is 0 Å². The molecular formula is C18H21N3O2S2. The molecule has 25 heavy (non-hydrogen) atoms. The standard InChI is InChI=1S/C18H21N3O2S2/c1-3-21-17(23)16-14(9-12(2)25-16)20-18(21)24-11-15(22)19-10-13-7-5-4-6-8-13/h4-8,12H,3,9-11H2,1-2H3,(H,19,22)/t12-/m0/s1. The van der Waals surface area contributed by atoms with Gasteiger partial charge in [0.05, 0.1) is 16.3 Å². The van der Waals surface area contributed by atoms with E-state index in [1.807, 2.05) is 37.3 Å². The lowest BCUT2D eigenvalue weighted by Crippen LogP contribution is -2.27. The van der Waals surface area contributed by atoms with E-state index in [0.717, 1.165) is 22.6 Å². The Kier molecular flexibility index (Phi) is 5.86. The summed E-state index contributed by atoms with van der Waals surface area (Å²) in [6.07, 6.45) is 0.813. The van der Waals surface area contributed by atoms with Crippen LogP contribution in [-0.2, 0) is 24.3 Å². The van der Waals surface area contributed by atoms with Crippen molar-refractivity contribution in [3.8, 4) is 0 Å². The Labute approximate surface area is 155 Å². The smallest absolute Gasteiger partial charge is 0.268 e. The van der Waals surface area contributed by atoms with Crippen molar-refractivity contribution >= 4 is 29.4 Å². The van der Waals surface area contributed by atoms with Gasteiger partial charge in [-0.2, -0.15) is 0 Å². The highest BCUT2D eigenvalue weighted by atomic mass is 32.2. The van der Waals surface area contributed by atoms with Crippen LogP contribution in [0.4, 0.5) is 0 Å². The number of hydrogen-bond donors (Lipinski definition) is 1. The number of aromatic nitrogens is 2. The van der Waals surface area contributed by atoms with Crippen molar-refractivity contribution < 1.29 is 4.79 Å². The van der Waals surface area contributed by atoms with E-state index >= 15 is 0 Å². The third-order valence-electron chi connectivity index (χ3n) is 3.94. The first-order valence-corrected chi connectivity index (χ1v) is 10.2. The van der Waals surface area contributed by atoms with Crippen LogP contribution in [0, 0.1) is 0 Å². The normalized spacial score (nSPS) is 15.8. The number of nitrogens with zero attached hydrogens (tertiary/aromatic N) is 2. The lowest BCUT2D eigenvalue weighted by Gasteiger charge is -2.11. The van der Waals surface area contributed by atoms with E-state index in [9.17, 15) is 9.59 Å². The van der Waals surface area contributed by atoms with E-state index in [1.54, 1.807) is 16.3 Å². The monoisotopic (exact) mass is 375 g/mol. The van der Waals surface area contributed by atoms with Crippen molar-refractivity contribution in [1.29, 1.82) is 0 Å². The van der Waals surface area contributed by atoms with E-state index in [-0.39, 0.29) is 17.2 Å². The summed E-state index contributed by atoms with van der Waals surface area (Å²) in [4.78, 5) is 30.1. The lowest BCUT2D eigenvalue weighted by atomic mass is 10.2. The van der Waals surface area contributed by atoms with Gasteiger partial charge in [-0.3, -0.25) is 14.2 Å². The topological polar surface area (TPSA) is 64.0 Å². The molecule has 0 unspecified atom stereocenters. The zero-order valence-electron chi connectivity index (χ0n) is 14.3. The SMILES string of the molecule is CCn1c(SCC(=O)NCc2ccccc2)nc2c(c1=O)S[C@@H](C)C2. The maximum Gasteiger partial charge on any atom is 0.268 e. The fourth-order valence-electron chi connectivity index (χ4n) is 2.70. The molecule has 1 aromatic heterocycles. The molecule has 0 spiro atoms. The predicted octanol–water partition coefficient (Wildman–Crippen LogP) is 2.71. The Morgan fingerprint density at radius 3 is 2.88 bits per heavy atom. The molecule has 1 aliphatic rings. The van der Waals surface area contributed by atoms with E-state index in [4.69, 9.17) is 0 Å². The molecule has 5 nitrogen and oxygen atoms in total. The van der Waals surface area contributed by atoms with Crippen molar-refractivity contribution in [2.75, 3.05) is 5.75 Å². The predicted molar refractivity (Wildman–Crippen MR) is 102 cm³/mol. The molecule has 3 rings (SSSR count). The Morgan fingerprint density at radius 1 is 1.40 bits per heavy atom. The van der Waals surface area contributed by atoms with Crippen molar-refractivity contribution in [1.82, 2.24) is 14.9 Å².